The summed E-state index contributed by atoms with van der Waals surface area (Å²) in [5.41, 5.74) is 7.51. The topological polar surface area (TPSA) is 79.6 Å². The first-order valence-corrected chi connectivity index (χ1v) is 5.27. The molecule has 0 aliphatic heterocycles. The van der Waals surface area contributed by atoms with Crippen LogP contribution in [-0.4, -0.2) is 21.5 Å². The first-order valence-electron chi connectivity index (χ1n) is 5.27. The Bertz CT molecular complexity index is 463. The predicted octanol–water partition coefficient (Wildman–Crippen LogP) is 1.36. The van der Waals surface area contributed by atoms with Gasteiger partial charge in [-0.05, 0) is 19.1 Å². The minimum absolute atomic E-state index is 0.422. The zero-order chi connectivity index (χ0) is 11.4. The Morgan fingerprint density at radius 3 is 3.00 bits per heavy atom. The summed E-state index contributed by atoms with van der Waals surface area (Å²) < 4.78 is 0. The third-order valence-electron chi connectivity index (χ3n) is 2.25. The highest BCUT2D eigenvalue weighted by atomic mass is 15.0. The molecule has 0 saturated heterocycles. The van der Waals surface area contributed by atoms with Crippen LogP contribution in [0, 0.1) is 0 Å². The monoisotopic (exact) mass is 217 g/mol. The molecule has 0 radical (unpaired) electrons. The standard InChI is InChI=1S/C11H15N5/c1-2-13-10-5-8(3-4-14-10)9-7-15-11(6-12)16-9/h3-5,7H,2,6,12H2,1H3,(H,13,14)(H,15,16). The van der Waals surface area contributed by atoms with Gasteiger partial charge in [-0.15, -0.1) is 0 Å². The van der Waals surface area contributed by atoms with Crippen molar-refractivity contribution in [3.8, 4) is 11.3 Å². The van der Waals surface area contributed by atoms with E-state index in [1.54, 1.807) is 12.4 Å². The average Bonchev–Trinajstić information content (AvgIpc) is 2.78. The number of imidazole rings is 1. The molecule has 0 aliphatic rings. The van der Waals surface area contributed by atoms with Gasteiger partial charge in [0.15, 0.2) is 0 Å². The van der Waals surface area contributed by atoms with E-state index in [9.17, 15) is 0 Å². The van der Waals surface area contributed by atoms with Gasteiger partial charge >= 0.3 is 0 Å². The van der Waals surface area contributed by atoms with Gasteiger partial charge in [0.25, 0.3) is 0 Å². The molecule has 0 amide bonds. The Hall–Kier alpha value is -1.88. The van der Waals surface area contributed by atoms with Crippen LogP contribution in [0.1, 0.15) is 12.7 Å². The molecule has 0 unspecified atom stereocenters. The molecule has 5 heteroatoms. The summed E-state index contributed by atoms with van der Waals surface area (Å²) in [6, 6.07) is 3.92. The molecular formula is C11H15N5. The molecule has 2 aromatic heterocycles. The van der Waals surface area contributed by atoms with Crippen LogP contribution < -0.4 is 11.1 Å². The van der Waals surface area contributed by atoms with E-state index in [1.807, 2.05) is 19.1 Å². The van der Waals surface area contributed by atoms with Crippen LogP contribution in [0.2, 0.25) is 0 Å². The normalized spacial score (nSPS) is 10.4. The smallest absolute Gasteiger partial charge is 0.126 e. The summed E-state index contributed by atoms with van der Waals surface area (Å²) in [4.78, 5) is 11.5. The van der Waals surface area contributed by atoms with Crippen LogP contribution in [0.4, 0.5) is 5.82 Å². The molecule has 2 heterocycles. The van der Waals surface area contributed by atoms with Gasteiger partial charge in [-0.1, -0.05) is 0 Å². The number of aromatic amines is 1. The van der Waals surface area contributed by atoms with E-state index >= 15 is 0 Å². The van der Waals surface area contributed by atoms with E-state index in [-0.39, 0.29) is 0 Å². The number of aromatic nitrogens is 3. The Kier molecular flexibility index (Phi) is 3.16. The van der Waals surface area contributed by atoms with Gasteiger partial charge in [0, 0.05) is 18.3 Å². The number of pyridine rings is 1. The molecule has 0 saturated carbocycles. The summed E-state index contributed by atoms with van der Waals surface area (Å²) in [6.45, 7) is 3.32. The summed E-state index contributed by atoms with van der Waals surface area (Å²) in [6.07, 6.45) is 3.56. The van der Waals surface area contributed by atoms with Crippen LogP contribution in [0.3, 0.4) is 0 Å². The van der Waals surface area contributed by atoms with E-state index in [4.69, 9.17) is 5.73 Å². The lowest BCUT2D eigenvalue weighted by Crippen LogP contribution is -1.99. The number of rotatable bonds is 4. The second-order valence-electron chi connectivity index (χ2n) is 3.41. The van der Waals surface area contributed by atoms with Crippen molar-refractivity contribution in [1.29, 1.82) is 0 Å². The first-order chi connectivity index (χ1) is 7.83. The maximum atomic E-state index is 5.50. The number of hydrogen-bond donors (Lipinski definition) is 3. The summed E-state index contributed by atoms with van der Waals surface area (Å²) in [7, 11) is 0. The van der Waals surface area contributed by atoms with E-state index in [0.717, 1.165) is 29.4 Å². The molecule has 0 aromatic carbocycles. The Balaban J connectivity index is 2.28. The molecule has 0 atom stereocenters. The molecule has 16 heavy (non-hydrogen) atoms. The number of anilines is 1. The minimum Gasteiger partial charge on any atom is -0.370 e. The third kappa shape index (κ3) is 2.20. The first kappa shape index (κ1) is 10.6. The molecule has 4 N–H and O–H groups in total. The van der Waals surface area contributed by atoms with Crippen LogP contribution in [-0.2, 0) is 6.54 Å². The largest absolute Gasteiger partial charge is 0.370 e. The second-order valence-corrected chi connectivity index (χ2v) is 3.41. The molecule has 2 aromatic rings. The lowest BCUT2D eigenvalue weighted by molar-refractivity contribution is 0.950. The van der Waals surface area contributed by atoms with Crippen molar-refractivity contribution in [3.05, 3.63) is 30.4 Å². The van der Waals surface area contributed by atoms with E-state index < -0.39 is 0 Å². The fourth-order valence-corrected chi connectivity index (χ4v) is 1.49. The van der Waals surface area contributed by atoms with Crippen LogP contribution in [0.25, 0.3) is 11.3 Å². The number of nitrogens with two attached hydrogens (primary N) is 1. The molecular weight excluding hydrogens is 202 g/mol. The molecule has 2 rings (SSSR count). The molecule has 5 nitrogen and oxygen atoms in total. The Morgan fingerprint density at radius 2 is 2.31 bits per heavy atom. The highest BCUT2D eigenvalue weighted by Crippen LogP contribution is 2.18. The lowest BCUT2D eigenvalue weighted by atomic mass is 10.2. The van der Waals surface area contributed by atoms with Crippen molar-refractivity contribution in [2.45, 2.75) is 13.5 Å². The quantitative estimate of drug-likeness (QED) is 0.722. The van der Waals surface area contributed by atoms with Gasteiger partial charge < -0.3 is 16.0 Å². The third-order valence-corrected chi connectivity index (χ3v) is 2.25. The molecule has 84 valence electrons. The SMILES string of the molecule is CCNc1cc(-c2cnc(CN)[nH]2)ccn1. The number of H-pyrrole nitrogens is 1. The van der Waals surface area contributed by atoms with Crippen LogP contribution in [0.15, 0.2) is 24.5 Å². The highest BCUT2D eigenvalue weighted by Gasteiger charge is 2.03. The summed E-state index contributed by atoms with van der Waals surface area (Å²) in [5, 5.41) is 3.17. The van der Waals surface area contributed by atoms with Gasteiger partial charge in [0.1, 0.15) is 11.6 Å². The second kappa shape index (κ2) is 4.76. The Labute approximate surface area is 94.1 Å². The van der Waals surface area contributed by atoms with Crippen LogP contribution in [0.5, 0.6) is 0 Å². The molecule has 0 fully saturated rings. The van der Waals surface area contributed by atoms with Gasteiger partial charge in [0.05, 0.1) is 18.4 Å². The maximum absolute atomic E-state index is 5.50. The van der Waals surface area contributed by atoms with Gasteiger partial charge in [-0.25, -0.2) is 9.97 Å². The van der Waals surface area contributed by atoms with Gasteiger partial charge in [-0.3, -0.25) is 0 Å². The summed E-state index contributed by atoms with van der Waals surface area (Å²) in [5.74, 6) is 1.65. The van der Waals surface area contributed by atoms with E-state index in [1.165, 1.54) is 0 Å². The van der Waals surface area contributed by atoms with Crippen LogP contribution >= 0.6 is 0 Å². The lowest BCUT2D eigenvalue weighted by Gasteiger charge is -2.03. The summed E-state index contributed by atoms with van der Waals surface area (Å²) >= 11 is 0. The van der Waals surface area contributed by atoms with Gasteiger partial charge in [0.2, 0.25) is 0 Å². The fourth-order valence-electron chi connectivity index (χ4n) is 1.49. The van der Waals surface area contributed by atoms with Crippen molar-refractivity contribution < 1.29 is 0 Å². The van der Waals surface area contributed by atoms with E-state index in [0.29, 0.717) is 6.54 Å². The van der Waals surface area contributed by atoms with Crippen molar-refractivity contribution in [1.82, 2.24) is 15.0 Å². The number of nitrogens with zero attached hydrogens (tertiary/aromatic N) is 2. The highest BCUT2D eigenvalue weighted by molar-refractivity contribution is 5.62. The molecule has 0 aliphatic carbocycles. The van der Waals surface area contributed by atoms with E-state index in [2.05, 4.69) is 20.3 Å². The molecule has 0 bridgehead atoms. The number of hydrogen-bond acceptors (Lipinski definition) is 4. The maximum Gasteiger partial charge on any atom is 0.126 e. The Morgan fingerprint density at radius 1 is 1.44 bits per heavy atom. The van der Waals surface area contributed by atoms with Crippen molar-refractivity contribution >= 4 is 5.82 Å². The number of nitrogens with one attached hydrogen (secondary N) is 2. The van der Waals surface area contributed by atoms with Gasteiger partial charge in [-0.2, -0.15) is 0 Å². The fraction of sp³-hybridized carbons (Fsp3) is 0.273. The molecule has 0 spiro atoms. The predicted molar refractivity (Wildman–Crippen MR) is 63.9 cm³/mol. The zero-order valence-electron chi connectivity index (χ0n) is 9.20. The average molecular weight is 217 g/mol. The van der Waals surface area contributed by atoms with Crippen molar-refractivity contribution in [2.24, 2.45) is 5.73 Å². The minimum atomic E-state index is 0.422. The van der Waals surface area contributed by atoms with Crippen molar-refractivity contribution in [3.63, 3.8) is 0 Å². The van der Waals surface area contributed by atoms with Crippen molar-refractivity contribution in [2.75, 3.05) is 11.9 Å². The zero-order valence-corrected chi connectivity index (χ0v) is 9.20.